The third-order valence-corrected chi connectivity index (χ3v) is 5.27. The summed E-state index contributed by atoms with van der Waals surface area (Å²) in [6.45, 7) is 1.91. The highest BCUT2D eigenvalue weighted by atomic mass is 32.1. The standard InChI is InChI=1S/C21H21N5O3S/c1-4-11-8-13(18(28)10-17(11)27)19-23-24-21(30)26(19)16-7-5-6-14-12(16)9-15(22-14)20(29)25(2)3/h5-10,22,27-28H,4H2,1-3H3,(H,24,30). The van der Waals surface area contributed by atoms with Gasteiger partial charge in [-0.2, -0.15) is 0 Å². The molecular formula is C21H21N5O3S. The van der Waals surface area contributed by atoms with Gasteiger partial charge in [-0.15, -0.1) is 22.8 Å². The third-order valence-electron chi connectivity index (χ3n) is 4.98. The SMILES string of the molecule is CCc1cc(-c2nnc(S)n2-c2cccc3[nH]c(C(=O)N(C)C)cc23)c(O)cc1O. The molecule has 0 spiro atoms. The lowest BCUT2D eigenvalue weighted by atomic mass is 10.1. The number of aromatic hydroxyl groups is 2. The Morgan fingerprint density at radius 3 is 2.63 bits per heavy atom. The zero-order valence-electron chi connectivity index (χ0n) is 16.7. The molecule has 0 aliphatic carbocycles. The van der Waals surface area contributed by atoms with Crippen LogP contribution < -0.4 is 0 Å². The molecular weight excluding hydrogens is 402 g/mol. The first-order valence-electron chi connectivity index (χ1n) is 9.35. The average Bonchev–Trinajstić information content (AvgIpc) is 3.31. The maximum atomic E-state index is 12.4. The van der Waals surface area contributed by atoms with Crippen molar-refractivity contribution in [1.29, 1.82) is 0 Å². The Morgan fingerprint density at radius 2 is 1.93 bits per heavy atom. The molecule has 0 saturated carbocycles. The molecule has 30 heavy (non-hydrogen) atoms. The second-order valence-corrected chi connectivity index (χ2v) is 7.53. The van der Waals surface area contributed by atoms with Crippen LogP contribution in [0.15, 0.2) is 41.6 Å². The van der Waals surface area contributed by atoms with Crippen LogP contribution in [0.4, 0.5) is 0 Å². The molecule has 2 aromatic heterocycles. The van der Waals surface area contributed by atoms with Crippen molar-refractivity contribution in [2.24, 2.45) is 0 Å². The number of aromatic nitrogens is 4. The summed E-state index contributed by atoms with van der Waals surface area (Å²) >= 11 is 4.46. The predicted octanol–water partition coefficient (Wildman–Crippen LogP) is 3.38. The van der Waals surface area contributed by atoms with Crippen LogP contribution >= 0.6 is 12.6 Å². The van der Waals surface area contributed by atoms with E-state index in [-0.39, 0.29) is 17.4 Å². The summed E-state index contributed by atoms with van der Waals surface area (Å²) in [4.78, 5) is 17.0. The van der Waals surface area contributed by atoms with Crippen molar-refractivity contribution in [3.63, 3.8) is 0 Å². The van der Waals surface area contributed by atoms with E-state index in [4.69, 9.17) is 0 Å². The molecule has 1 amide bonds. The Balaban J connectivity index is 1.95. The average molecular weight is 423 g/mol. The zero-order valence-corrected chi connectivity index (χ0v) is 17.6. The molecule has 154 valence electrons. The number of carbonyl (C=O) groups excluding carboxylic acids is 1. The number of aryl methyl sites for hydroxylation is 1. The molecule has 2 aromatic carbocycles. The van der Waals surface area contributed by atoms with Crippen LogP contribution in [0.3, 0.4) is 0 Å². The molecule has 0 aliphatic heterocycles. The van der Waals surface area contributed by atoms with Gasteiger partial charge in [0.05, 0.1) is 11.3 Å². The lowest BCUT2D eigenvalue weighted by molar-refractivity contribution is 0.0823. The van der Waals surface area contributed by atoms with E-state index in [1.165, 1.54) is 11.0 Å². The van der Waals surface area contributed by atoms with Gasteiger partial charge in [0, 0.05) is 31.1 Å². The number of phenols is 2. The lowest BCUT2D eigenvalue weighted by Crippen LogP contribution is -2.21. The molecule has 0 radical (unpaired) electrons. The number of thiol groups is 1. The molecule has 0 unspecified atom stereocenters. The second-order valence-electron chi connectivity index (χ2n) is 7.13. The molecule has 0 saturated heterocycles. The topological polar surface area (TPSA) is 107 Å². The number of rotatable bonds is 4. The molecule has 0 atom stereocenters. The van der Waals surface area contributed by atoms with Crippen molar-refractivity contribution in [3.05, 3.63) is 47.7 Å². The van der Waals surface area contributed by atoms with Crippen LogP contribution in [0.25, 0.3) is 28.0 Å². The molecule has 0 fully saturated rings. The van der Waals surface area contributed by atoms with E-state index < -0.39 is 0 Å². The normalized spacial score (nSPS) is 11.2. The smallest absolute Gasteiger partial charge is 0.269 e. The molecule has 0 bridgehead atoms. The highest BCUT2D eigenvalue weighted by molar-refractivity contribution is 7.80. The summed E-state index contributed by atoms with van der Waals surface area (Å²) in [6, 6.07) is 10.4. The van der Waals surface area contributed by atoms with E-state index in [0.29, 0.717) is 39.9 Å². The van der Waals surface area contributed by atoms with E-state index in [0.717, 1.165) is 10.9 Å². The predicted molar refractivity (Wildman–Crippen MR) is 117 cm³/mol. The highest BCUT2D eigenvalue weighted by Gasteiger charge is 2.21. The van der Waals surface area contributed by atoms with Gasteiger partial charge >= 0.3 is 0 Å². The minimum atomic E-state index is -0.143. The summed E-state index contributed by atoms with van der Waals surface area (Å²) in [6.07, 6.45) is 0.588. The van der Waals surface area contributed by atoms with Crippen LogP contribution in [0.1, 0.15) is 23.0 Å². The maximum absolute atomic E-state index is 12.4. The van der Waals surface area contributed by atoms with Gasteiger partial charge in [0.2, 0.25) is 0 Å². The third kappa shape index (κ3) is 3.17. The van der Waals surface area contributed by atoms with Crippen molar-refractivity contribution in [3.8, 4) is 28.6 Å². The van der Waals surface area contributed by atoms with Crippen LogP contribution in [-0.2, 0) is 6.42 Å². The molecule has 3 N–H and O–H groups in total. The minimum absolute atomic E-state index is 0.0236. The number of nitrogens with zero attached hydrogens (tertiary/aromatic N) is 4. The largest absolute Gasteiger partial charge is 0.508 e. The Labute approximate surface area is 178 Å². The van der Waals surface area contributed by atoms with Gasteiger partial charge in [0.25, 0.3) is 5.91 Å². The lowest BCUT2D eigenvalue weighted by Gasteiger charge is -2.12. The quantitative estimate of drug-likeness (QED) is 0.377. The van der Waals surface area contributed by atoms with Crippen molar-refractivity contribution in [2.75, 3.05) is 14.1 Å². The number of H-pyrrole nitrogens is 1. The number of amides is 1. The summed E-state index contributed by atoms with van der Waals surface area (Å²) in [5.74, 6) is 0.143. The number of phenolic OH excluding ortho intramolecular Hbond substituents is 2. The molecule has 4 aromatic rings. The van der Waals surface area contributed by atoms with Crippen molar-refractivity contribution >= 4 is 29.4 Å². The number of nitrogens with one attached hydrogen (secondary N) is 1. The van der Waals surface area contributed by atoms with E-state index in [9.17, 15) is 15.0 Å². The summed E-state index contributed by atoms with van der Waals surface area (Å²) in [5.41, 5.74) is 3.04. The van der Waals surface area contributed by atoms with E-state index in [2.05, 4.69) is 27.8 Å². The van der Waals surface area contributed by atoms with Gasteiger partial charge in [0.15, 0.2) is 11.0 Å². The van der Waals surface area contributed by atoms with Crippen LogP contribution in [-0.4, -0.2) is 54.9 Å². The van der Waals surface area contributed by atoms with Crippen molar-refractivity contribution in [2.45, 2.75) is 18.5 Å². The number of fused-ring (bicyclic) bond motifs is 1. The Kier molecular flexibility index (Phi) is 4.90. The summed E-state index contributed by atoms with van der Waals surface area (Å²) in [7, 11) is 3.38. The Bertz CT molecular complexity index is 1280. The monoisotopic (exact) mass is 423 g/mol. The number of benzene rings is 2. The fourth-order valence-corrected chi connectivity index (χ4v) is 3.69. The van der Waals surface area contributed by atoms with Gasteiger partial charge in [-0.05, 0) is 36.2 Å². The number of hydrogen-bond donors (Lipinski definition) is 4. The van der Waals surface area contributed by atoms with Gasteiger partial charge in [-0.1, -0.05) is 13.0 Å². The first-order chi connectivity index (χ1) is 14.3. The first kappa shape index (κ1) is 19.8. The van der Waals surface area contributed by atoms with Gasteiger partial charge in [0.1, 0.15) is 17.2 Å². The zero-order chi connectivity index (χ0) is 21.6. The summed E-state index contributed by atoms with van der Waals surface area (Å²) < 4.78 is 1.70. The molecule has 8 nitrogen and oxygen atoms in total. The molecule has 2 heterocycles. The highest BCUT2D eigenvalue weighted by Crippen LogP contribution is 2.37. The number of hydrogen-bond acceptors (Lipinski definition) is 6. The van der Waals surface area contributed by atoms with Crippen LogP contribution in [0.5, 0.6) is 11.5 Å². The van der Waals surface area contributed by atoms with E-state index in [1.54, 1.807) is 30.8 Å². The van der Waals surface area contributed by atoms with Crippen molar-refractivity contribution < 1.29 is 15.0 Å². The molecule has 0 aliphatic rings. The minimum Gasteiger partial charge on any atom is -0.508 e. The fraction of sp³-hybridized carbons (Fsp3) is 0.190. The Hall–Kier alpha value is -3.46. The van der Waals surface area contributed by atoms with Crippen LogP contribution in [0.2, 0.25) is 0 Å². The Morgan fingerprint density at radius 1 is 1.17 bits per heavy atom. The van der Waals surface area contributed by atoms with E-state index in [1.807, 2.05) is 25.1 Å². The van der Waals surface area contributed by atoms with Gasteiger partial charge in [-0.3, -0.25) is 9.36 Å². The van der Waals surface area contributed by atoms with Crippen molar-refractivity contribution in [1.82, 2.24) is 24.6 Å². The fourth-order valence-electron chi connectivity index (χ4n) is 3.45. The van der Waals surface area contributed by atoms with E-state index >= 15 is 0 Å². The number of aromatic amines is 1. The first-order valence-corrected chi connectivity index (χ1v) is 9.79. The van der Waals surface area contributed by atoms with Crippen LogP contribution in [0, 0.1) is 0 Å². The number of carbonyl (C=O) groups is 1. The summed E-state index contributed by atoms with van der Waals surface area (Å²) in [5, 5.41) is 29.9. The second kappa shape index (κ2) is 7.42. The van der Waals surface area contributed by atoms with Gasteiger partial charge < -0.3 is 20.1 Å². The maximum Gasteiger partial charge on any atom is 0.269 e. The van der Waals surface area contributed by atoms with Gasteiger partial charge in [-0.25, -0.2) is 0 Å². The molecule has 4 rings (SSSR count). The molecule has 9 heteroatoms.